The summed E-state index contributed by atoms with van der Waals surface area (Å²) in [5.41, 5.74) is 2.40. The quantitative estimate of drug-likeness (QED) is 0.699. The second-order valence-electron chi connectivity index (χ2n) is 5.99. The largest absolute Gasteiger partial charge is 0.454 e. The standard InChI is InChI=1S/C19H17N3O4S/c1-13-4-2-3-5-16(13)21-19-9-6-14(11-20-19)22-27(23,24)15-7-8-17-18(10-15)26-12-25-17/h2-11,22H,12H2,1H3,(H,20,21). The Balaban J connectivity index is 1.50. The fourth-order valence-electron chi connectivity index (χ4n) is 2.64. The Morgan fingerprint density at radius 1 is 1.00 bits per heavy atom. The van der Waals surface area contributed by atoms with Crippen LogP contribution in [0.15, 0.2) is 65.7 Å². The summed E-state index contributed by atoms with van der Waals surface area (Å²) in [6.45, 7) is 2.09. The Kier molecular flexibility index (Phi) is 4.33. The second kappa shape index (κ2) is 6.81. The van der Waals surface area contributed by atoms with E-state index in [9.17, 15) is 8.42 Å². The molecule has 0 unspecified atom stereocenters. The highest BCUT2D eigenvalue weighted by molar-refractivity contribution is 7.92. The number of sulfonamides is 1. The number of benzene rings is 2. The highest BCUT2D eigenvalue weighted by atomic mass is 32.2. The summed E-state index contributed by atoms with van der Waals surface area (Å²) in [5.74, 6) is 1.56. The first-order valence-electron chi connectivity index (χ1n) is 8.22. The van der Waals surface area contributed by atoms with Crippen molar-refractivity contribution >= 4 is 27.2 Å². The zero-order chi connectivity index (χ0) is 18.9. The molecule has 4 rings (SSSR count). The van der Waals surface area contributed by atoms with Crippen LogP contribution in [0.4, 0.5) is 17.2 Å². The van der Waals surface area contributed by atoms with Crippen molar-refractivity contribution in [2.24, 2.45) is 0 Å². The number of fused-ring (bicyclic) bond motifs is 1. The van der Waals surface area contributed by atoms with E-state index in [-0.39, 0.29) is 11.7 Å². The van der Waals surface area contributed by atoms with Crippen LogP contribution in [0.3, 0.4) is 0 Å². The van der Waals surface area contributed by atoms with Gasteiger partial charge in [-0.15, -0.1) is 0 Å². The molecule has 0 saturated carbocycles. The normalized spacial score (nSPS) is 12.6. The van der Waals surface area contributed by atoms with Gasteiger partial charge >= 0.3 is 0 Å². The number of para-hydroxylation sites is 1. The lowest BCUT2D eigenvalue weighted by molar-refractivity contribution is 0.174. The summed E-state index contributed by atoms with van der Waals surface area (Å²) in [6, 6.07) is 15.7. The highest BCUT2D eigenvalue weighted by Crippen LogP contribution is 2.34. The van der Waals surface area contributed by atoms with E-state index in [0.717, 1.165) is 11.3 Å². The zero-order valence-electron chi connectivity index (χ0n) is 14.5. The molecule has 138 valence electrons. The number of rotatable bonds is 5. The van der Waals surface area contributed by atoms with Crippen LogP contribution in [0, 0.1) is 6.92 Å². The van der Waals surface area contributed by atoms with Crippen LogP contribution < -0.4 is 19.5 Å². The third-order valence-electron chi connectivity index (χ3n) is 4.08. The van der Waals surface area contributed by atoms with Crippen molar-refractivity contribution in [3.8, 4) is 11.5 Å². The summed E-state index contributed by atoms with van der Waals surface area (Å²) in [4.78, 5) is 4.36. The van der Waals surface area contributed by atoms with Gasteiger partial charge in [-0.25, -0.2) is 13.4 Å². The Hall–Kier alpha value is -3.26. The third kappa shape index (κ3) is 3.65. The first kappa shape index (κ1) is 17.2. The first-order chi connectivity index (χ1) is 13.0. The number of pyridine rings is 1. The molecule has 7 nitrogen and oxygen atoms in total. The van der Waals surface area contributed by atoms with Gasteiger partial charge in [0.2, 0.25) is 6.79 Å². The number of hydrogen-bond acceptors (Lipinski definition) is 6. The van der Waals surface area contributed by atoms with Crippen LogP contribution in [-0.4, -0.2) is 20.2 Å². The number of hydrogen-bond donors (Lipinski definition) is 2. The van der Waals surface area contributed by atoms with E-state index in [1.165, 1.54) is 18.3 Å². The summed E-state index contributed by atoms with van der Waals surface area (Å²) < 4.78 is 38.1. The van der Waals surface area contributed by atoms with Gasteiger partial charge in [-0.3, -0.25) is 4.72 Å². The maximum absolute atomic E-state index is 12.6. The minimum absolute atomic E-state index is 0.0888. The van der Waals surface area contributed by atoms with Crippen molar-refractivity contribution in [3.05, 3.63) is 66.4 Å². The number of nitrogens with zero attached hydrogens (tertiary/aromatic N) is 1. The van der Waals surface area contributed by atoms with Crippen molar-refractivity contribution in [1.82, 2.24) is 4.98 Å². The maximum atomic E-state index is 12.6. The van der Waals surface area contributed by atoms with Crippen LogP contribution in [0.5, 0.6) is 11.5 Å². The van der Waals surface area contributed by atoms with Crippen molar-refractivity contribution in [3.63, 3.8) is 0 Å². The van der Waals surface area contributed by atoms with Crippen LogP contribution in [0.2, 0.25) is 0 Å². The highest BCUT2D eigenvalue weighted by Gasteiger charge is 2.20. The predicted molar refractivity (Wildman–Crippen MR) is 102 cm³/mol. The van der Waals surface area contributed by atoms with Crippen molar-refractivity contribution in [2.75, 3.05) is 16.8 Å². The van der Waals surface area contributed by atoms with E-state index < -0.39 is 10.0 Å². The Labute approximate surface area is 157 Å². The van der Waals surface area contributed by atoms with Crippen molar-refractivity contribution < 1.29 is 17.9 Å². The molecule has 8 heteroatoms. The number of anilines is 3. The molecule has 1 aliphatic heterocycles. The fraction of sp³-hybridized carbons (Fsp3) is 0.105. The van der Waals surface area contributed by atoms with Crippen LogP contribution in [-0.2, 0) is 10.0 Å². The van der Waals surface area contributed by atoms with Crippen molar-refractivity contribution in [1.29, 1.82) is 0 Å². The van der Waals surface area contributed by atoms with E-state index in [1.54, 1.807) is 18.2 Å². The van der Waals surface area contributed by atoms with Gasteiger partial charge in [-0.05, 0) is 42.8 Å². The molecule has 0 radical (unpaired) electrons. The van der Waals surface area contributed by atoms with Crippen LogP contribution in [0.25, 0.3) is 0 Å². The molecule has 27 heavy (non-hydrogen) atoms. The van der Waals surface area contributed by atoms with Crippen LogP contribution in [0.1, 0.15) is 5.56 Å². The van der Waals surface area contributed by atoms with Crippen molar-refractivity contribution in [2.45, 2.75) is 11.8 Å². The molecule has 0 aliphatic carbocycles. The molecule has 0 fully saturated rings. The lowest BCUT2D eigenvalue weighted by Crippen LogP contribution is -2.13. The van der Waals surface area contributed by atoms with E-state index in [0.29, 0.717) is 23.0 Å². The van der Waals surface area contributed by atoms with Gasteiger partial charge in [0.05, 0.1) is 16.8 Å². The van der Waals surface area contributed by atoms with Gasteiger partial charge in [0, 0.05) is 11.8 Å². The van der Waals surface area contributed by atoms with Gasteiger partial charge in [0.1, 0.15) is 5.82 Å². The smallest absolute Gasteiger partial charge is 0.262 e. The van der Waals surface area contributed by atoms with E-state index in [4.69, 9.17) is 9.47 Å². The molecule has 0 saturated heterocycles. The lowest BCUT2D eigenvalue weighted by atomic mass is 10.2. The Morgan fingerprint density at radius 3 is 2.59 bits per heavy atom. The SMILES string of the molecule is Cc1ccccc1Nc1ccc(NS(=O)(=O)c2ccc3c(c2)OCO3)cn1. The second-order valence-corrected chi connectivity index (χ2v) is 7.68. The maximum Gasteiger partial charge on any atom is 0.262 e. The topological polar surface area (TPSA) is 89.5 Å². The average Bonchev–Trinajstić information content (AvgIpc) is 3.13. The molecule has 0 amide bonds. The molecular formula is C19H17N3O4S. The number of aromatic nitrogens is 1. The molecule has 1 aliphatic rings. The molecule has 2 heterocycles. The summed E-state index contributed by atoms with van der Waals surface area (Å²) in [5, 5.41) is 3.20. The summed E-state index contributed by atoms with van der Waals surface area (Å²) in [7, 11) is -3.76. The monoisotopic (exact) mass is 383 g/mol. The molecular weight excluding hydrogens is 366 g/mol. The zero-order valence-corrected chi connectivity index (χ0v) is 15.3. The predicted octanol–water partition coefficient (Wildman–Crippen LogP) is 3.66. The Bertz CT molecular complexity index is 1080. The summed E-state index contributed by atoms with van der Waals surface area (Å²) >= 11 is 0. The summed E-state index contributed by atoms with van der Waals surface area (Å²) in [6.07, 6.45) is 1.46. The van der Waals surface area contributed by atoms with Gasteiger partial charge in [-0.1, -0.05) is 18.2 Å². The minimum atomic E-state index is -3.76. The average molecular weight is 383 g/mol. The first-order valence-corrected chi connectivity index (χ1v) is 9.71. The number of aryl methyl sites for hydroxylation is 1. The minimum Gasteiger partial charge on any atom is -0.454 e. The number of ether oxygens (including phenoxy) is 2. The molecule has 1 aromatic heterocycles. The van der Waals surface area contributed by atoms with Crippen LogP contribution >= 0.6 is 0 Å². The molecule has 0 atom stereocenters. The van der Waals surface area contributed by atoms with Gasteiger partial charge in [0.15, 0.2) is 11.5 Å². The molecule has 0 bridgehead atoms. The van der Waals surface area contributed by atoms with E-state index >= 15 is 0 Å². The molecule has 3 aromatic rings. The van der Waals surface area contributed by atoms with Gasteiger partial charge < -0.3 is 14.8 Å². The van der Waals surface area contributed by atoms with E-state index in [1.807, 2.05) is 31.2 Å². The third-order valence-corrected chi connectivity index (χ3v) is 5.46. The fourth-order valence-corrected chi connectivity index (χ4v) is 3.70. The molecule has 2 N–H and O–H groups in total. The lowest BCUT2D eigenvalue weighted by Gasteiger charge is -2.11. The molecule has 2 aromatic carbocycles. The molecule has 0 spiro atoms. The van der Waals surface area contributed by atoms with Gasteiger partial charge in [-0.2, -0.15) is 0 Å². The number of nitrogens with one attached hydrogen (secondary N) is 2. The van der Waals surface area contributed by atoms with E-state index in [2.05, 4.69) is 15.0 Å². The Morgan fingerprint density at radius 2 is 1.81 bits per heavy atom. The van der Waals surface area contributed by atoms with Gasteiger partial charge in [0.25, 0.3) is 10.0 Å².